The molecule has 5 nitrogen and oxygen atoms in total. The third kappa shape index (κ3) is 3.32. The maximum atomic E-state index is 11.8. The molecule has 102 valence electrons. The molecule has 5 heteroatoms. The summed E-state index contributed by atoms with van der Waals surface area (Å²) in [4.78, 5) is 22.8. The summed E-state index contributed by atoms with van der Waals surface area (Å²) < 4.78 is 0. The topological polar surface area (TPSA) is 92.4 Å². The highest BCUT2D eigenvalue weighted by molar-refractivity contribution is 5.84. The summed E-state index contributed by atoms with van der Waals surface area (Å²) in [6.07, 6.45) is 1.69. The number of hydrogen-bond acceptors (Lipinski definition) is 3. The van der Waals surface area contributed by atoms with Crippen molar-refractivity contribution in [3.05, 3.63) is 35.9 Å². The van der Waals surface area contributed by atoms with Gasteiger partial charge in [-0.1, -0.05) is 30.3 Å². The molecule has 19 heavy (non-hydrogen) atoms. The van der Waals surface area contributed by atoms with Gasteiger partial charge in [-0.2, -0.15) is 0 Å². The average Bonchev–Trinajstić information content (AvgIpc) is 3.18. The Morgan fingerprint density at radius 1 is 1.32 bits per heavy atom. The zero-order valence-electron chi connectivity index (χ0n) is 10.6. The number of hydrogen-bond donors (Lipinski definition) is 3. The number of benzene rings is 1. The first-order chi connectivity index (χ1) is 9.03. The SMILES string of the molecule is NC(Cc1ccccc1)C(=O)NCC1(C(=O)O)CC1. The van der Waals surface area contributed by atoms with Crippen molar-refractivity contribution in [2.45, 2.75) is 25.3 Å². The van der Waals surface area contributed by atoms with E-state index in [0.717, 1.165) is 5.56 Å². The molecule has 0 bridgehead atoms. The molecule has 1 saturated carbocycles. The largest absolute Gasteiger partial charge is 0.481 e. The third-order valence-electron chi connectivity index (χ3n) is 3.54. The van der Waals surface area contributed by atoms with Crippen molar-refractivity contribution >= 4 is 11.9 Å². The van der Waals surface area contributed by atoms with Crippen LogP contribution in [-0.2, 0) is 16.0 Å². The Morgan fingerprint density at radius 3 is 2.47 bits per heavy atom. The lowest BCUT2D eigenvalue weighted by Crippen LogP contribution is -2.45. The molecule has 1 aromatic rings. The Kier molecular flexibility index (Phi) is 3.85. The minimum Gasteiger partial charge on any atom is -0.481 e. The summed E-state index contributed by atoms with van der Waals surface area (Å²) >= 11 is 0. The standard InChI is InChI=1S/C14H18N2O3/c15-11(8-10-4-2-1-3-5-10)12(17)16-9-14(6-7-14)13(18)19/h1-5,11H,6-9,15H2,(H,16,17)(H,18,19). The molecule has 1 atom stereocenters. The number of nitrogens with one attached hydrogen (secondary N) is 1. The molecule has 4 N–H and O–H groups in total. The Hall–Kier alpha value is -1.88. The molecule has 1 unspecified atom stereocenters. The zero-order chi connectivity index (χ0) is 13.9. The summed E-state index contributed by atoms with van der Waals surface area (Å²) in [5.41, 5.74) is 6.06. The van der Waals surface area contributed by atoms with Crippen LogP contribution in [-0.4, -0.2) is 29.6 Å². The quantitative estimate of drug-likeness (QED) is 0.697. The fraction of sp³-hybridized carbons (Fsp3) is 0.429. The molecule has 1 aromatic carbocycles. The number of carboxylic acids is 1. The van der Waals surface area contributed by atoms with E-state index < -0.39 is 17.4 Å². The van der Waals surface area contributed by atoms with Gasteiger partial charge in [-0.15, -0.1) is 0 Å². The van der Waals surface area contributed by atoms with Crippen molar-refractivity contribution < 1.29 is 14.7 Å². The van der Waals surface area contributed by atoms with Crippen LogP contribution in [0.3, 0.4) is 0 Å². The minimum absolute atomic E-state index is 0.170. The van der Waals surface area contributed by atoms with Crippen LogP contribution in [0.1, 0.15) is 18.4 Å². The van der Waals surface area contributed by atoms with E-state index in [0.29, 0.717) is 19.3 Å². The van der Waals surface area contributed by atoms with E-state index in [1.807, 2.05) is 30.3 Å². The van der Waals surface area contributed by atoms with E-state index in [1.165, 1.54) is 0 Å². The zero-order valence-corrected chi connectivity index (χ0v) is 10.6. The lowest BCUT2D eigenvalue weighted by Gasteiger charge is -2.15. The van der Waals surface area contributed by atoms with Crippen LogP contribution in [0.2, 0.25) is 0 Å². The fourth-order valence-electron chi connectivity index (χ4n) is 1.97. The first kappa shape index (κ1) is 13.5. The van der Waals surface area contributed by atoms with Gasteiger partial charge in [0.05, 0.1) is 11.5 Å². The number of carbonyl (C=O) groups is 2. The summed E-state index contributed by atoms with van der Waals surface area (Å²) in [7, 11) is 0. The van der Waals surface area contributed by atoms with Gasteiger partial charge in [-0.3, -0.25) is 9.59 Å². The highest BCUT2D eigenvalue weighted by Gasteiger charge is 2.50. The van der Waals surface area contributed by atoms with Crippen molar-refractivity contribution in [2.75, 3.05) is 6.54 Å². The maximum Gasteiger partial charge on any atom is 0.311 e. The molecule has 1 amide bonds. The molecule has 0 spiro atoms. The van der Waals surface area contributed by atoms with E-state index in [1.54, 1.807) is 0 Å². The van der Waals surface area contributed by atoms with Gasteiger partial charge in [0.15, 0.2) is 0 Å². The van der Waals surface area contributed by atoms with Crippen LogP contribution < -0.4 is 11.1 Å². The second-order valence-corrected chi connectivity index (χ2v) is 5.10. The van der Waals surface area contributed by atoms with E-state index in [2.05, 4.69) is 5.32 Å². The van der Waals surface area contributed by atoms with Crippen molar-refractivity contribution in [3.63, 3.8) is 0 Å². The molecule has 0 aromatic heterocycles. The third-order valence-corrected chi connectivity index (χ3v) is 3.54. The molecule has 2 rings (SSSR count). The Balaban J connectivity index is 1.82. The Bertz CT molecular complexity index is 469. The monoisotopic (exact) mass is 262 g/mol. The molecule has 1 aliphatic carbocycles. The molecule has 0 heterocycles. The number of aliphatic carboxylic acids is 1. The Morgan fingerprint density at radius 2 is 1.95 bits per heavy atom. The van der Waals surface area contributed by atoms with Crippen molar-refractivity contribution in [1.29, 1.82) is 0 Å². The summed E-state index contributed by atoms with van der Waals surface area (Å²) in [5.74, 6) is -1.14. The second kappa shape index (κ2) is 5.40. The first-order valence-corrected chi connectivity index (χ1v) is 6.34. The van der Waals surface area contributed by atoms with Gasteiger partial charge in [0, 0.05) is 6.54 Å². The maximum absolute atomic E-state index is 11.8. The molecule has 1 aliphatic rings. The molecule has 0 aliphatic heterocycles. The highest BCUT2D eigenvalue weighted by atomic mass is 16.4. The lowest BCUT2D eigenvalue weighted by atomic mass is 10.0. The number of carboxylic acid groups (broad SMARTS) is 1. The number of carbonyl (C=O) groups excluding carboxylic acids is 1. The molecule has 0 radical (unpaired) electrons. The van der Waals surface area contributed by atoms with Crippen LogP contribution in [0.25, 0.3) is 0 Å². The van der Waals surface area contributed by atoms with Gasteiger partial charge < -0.3 is 16.2 Å². The van der Waals surface area contributed by atoms with Crippen molar-refractivity contribution in [3.8, 4) is 0 Å². The Labute approximate surface area is 111 Å². The smallest absolute Gasteiger partial charge is 0.311 e. The first-order valence-electron chi connectivity index (χ1n) is 6.34. The van der Waals surface area contributed by atoms with Crippen LogP contribution in [0, 0.1) is 5.41 Å². The fourth-order valence-corrected chi connectivity index (χ4v) is 1.97. The summed E-state index contributed by atoms with van der Waals surface area (Å²) in [6, 6.07) is 8.86. The average molecular weight is 262 g/mol. The molecular weight excluding hydrogens is 244 g/mol. The van der Waals surface area contributed by atoms with Crippen LogP contribution in [0.4, 0.5) is 0 Å². The van der Waals surface area contributed by atoms with Gasteiger partial charge in [0.2, 0.25) is 5.91 Å². The predicted molar refractivity (Wildman–Crippen MR) is 70.4 cm³/mol. The second-order valence-electron chi connectivity index (χ2n) is 5.10. The number of amides is 1. The van der Waals surface area contributed by atoms with Crippen LogP contribution >= 0.6 is 0 Å². The van der Waals surface area contributed by atoms with Gasteiger partial charge in [-0.25, -0.2) is 0 Å². The van der Waals surface area contributed by atoms with Gasteiger partial charge in [0.25, 0.3) is 0 Å². The van der Waals surface area contributed by atoms with E-state index >= 15 is 0 Å². The highest BCUT2D eigenvalue weighted by Crippen LogP contribution is 2.45. The summed E-state index contributed by atoms with van der Waals surface area (Å²) in [5, 5.41) is 11.6. The molecule has 1 fully saturated rings. The van der Waals surface area contributed by atoms with Gasteiger partial charge >= 0.3 is 5.97 Å². The van der Waals surface area contributed by atoms with Crippen molar-refractivity contribution in [1.82, 2.24) is 5.32 Å². The normalized spacial score (nSPS) is 17.5. The minimum atomic E-state index is -0.843. The number of rotatable bonds is 6. The van der Waals surface area contributed by atoms with E-state index in [-0.39, 0.29) is 12.5 Å². The summed E-state index contributed by atoms with van der Waals surface area (Å²) in [6.45, 7) is 0.170. The number of nitrogens with two attached hydrogens (primary N) is 1. The molecular formula is C14H18N2O3. The van der Waals surface area contributed by atoms with E-state index in [9.17, 15) is 9.59 Å². The predicted octanol–water partition coefficient (Wildman–Crippen LogP) is 0.537. The van der Waals surface area contributed by atoms with Gasteiger partial charge in [-0.05, 0) is 24.8 Å². The van der Waals surface area contributed by atoms with Crippen LogP contribution in [0.5, 0.6) is 0 Å². The molecule has 0 saturated heterocycles. The lowest BCUT2D eigenvalue weighted by molar-refractivity contribution is -0.143. The van der Waals surface area contributed by atoms with Gasteiger partial charge in [0.1, 0.15) is 0 Å². The van der Waals surface area contributed by atoms with Crippen molar-refractivity contribution in [2.24, 2.45) is 11.1 Å². The van der Waals surface area contributed by atoms with Crippen LogP contribution in [0.15, 0.2) is 30.3 Å². The van der Waals surface area contributed by atoms with E-state index in [4.69, 9.17) is 10.8 Å².